The van der Waals surface area contributed by atoms with Gasteiger partial charge < -0.3 is 15.2 Å². The van der Waals surface area contributed by atoms with E-state index in [9.17, 15) is 22.7 Å². The molecule has 0 amide bonds. The van der Waals surface area contributed by atoms with Crippen LogP contribution in [0.4, 0.5) is 23.2 Å². The van der Waals surface area contributed by atoms with Gasteiger partial charge in [-0.25, -0.2) is 4.39 Å². The Balaban J connectivity index is 1.64. The summed E-state index contributed by atoms with van der Waals surface area (Å²) in [7, 11) is 0. The first kappa shape index (κ1) is 24.5. The Hall–Kier alpha value is -2.61. The number of hydrogen-bond donors (Lipinski definition) is 2. The summed E-state index contributed by atoms with van der Waals surface area (Å²) < 4.78 is 63.1. The SMILES string of the molecule is Cc1ccc2c(NCC(O)(CC(C)(C)C3=C4OCCC4C(C)C(F)=C3)C(F)(F)F)cccc2n1. The van der Waals surface area contributed by atoms with Gasteiger partial charge in [0.25, 0.3) is 0 Å². The number of aromatic nitrogens is 1. The number of nitrogens with zero attached hydrogens (tertiary/aromatic N) is 1. The second-order valence-electron chi connectivity index (χ2n) is 10.1. The smallest absolute Gasteiger partial charge is 0.418 e. The third kappa shape index (κ3) is 4.40. The third-order valence-corrected chi connectivity index (χ3v) is 7.04. The fourth-order valence-corrected chi connectivity index (χ4v) is 5.09. The van der Waals surface area contributed by atoms with E-state index in [0.29, 0.717) is 41.0 Å². The first-order valence-corrected chi connectivity index (χ1v) is 11.5. The molecule has 2 aromatic rings. The summed E-state index contributed by atoms with van der Waals surface area (Å²) in [6.45, 7) is 6.42. The van der Waals surface area contributed by atoms with Crippen LogP contribution < -0.4 is 5.32 Å². The molecule has 1 fully saturated rings. The molecule has 2 N–H and O–H groups in total. The first-order chi connectivity index (χ1) is 15.8. The number of rotatable bonds is 6. The molecule has 0 spiro atoms. The van der Waals surface area contributed by atoms with Gasteiger partial charge >= 0.3 is 6.18 Å². The van der Waals surface area contributed by atoms with E-state index in [4.69, 9.17) is 4.74 Å². The van der Waals surface area contributed by atoms with Crippen LogP contribution in [-0.2, 0) is 4.74 Å². The minimum atomic E-state index is -4.91. The zero-order valence-corrected chi connectivity index (χ0v) is 19.8. The average Bonchev–Trinajstić information content (AvgIpc) is 3.23. The molecule has 4 nitrogen and oxygen atoms in total. The molecule has 0 bridgehead atoms. The summed E-state index contributed by atoms with van der Waals surface area (Å²) in [5.41, 5.74) is -1.98. The Morgan fingerprint density at radius 3 is 2.62 bits per heavy atom. The molecule has 34 heavy (non-hydrogen) atoms. The molecular formula is C26H30F4N2O2. The van der Waals surface area contributed by atoms with Crippen LogP contribution in [0.25, 0.3) is 10.9 Å². The molecule has 1 aromatic carbocycles. The molecule has 2 aliphatic rings. The number of pyridine rings is 1. The molecular weight excluding hydrogens is 448 g/mol. The van der Waals surface area contributed by atoms with Crippen LogP contribution in [0.3, 0.4) is 0 Å². The van der Waals surface area contributed by atoms with E-state index < -0.39 is 30.2 Å². The van der Waals surface area contributed by atoms with Crippen molar-refractivity contribution < 1.29 is 27.4 Å². The lowest BCUT2D eigenvalue weighted by Crippen LogP contribution is -2.53. The maximum absolute atomic E-state index is 14.7. The first-order valence-electron chi connectivity index (χ1n) is 11.5. The van der Waals surface area contributed by atoms with Gasteiger partial charge in [-0.05, 0) is 61.1 Å². The summed E-state index contributed by atoms with van der Waals surface area (Å²) >= 11 is 0. The number of fused-ring (bicyclic) bond motifs is 2. The molecule has 1 aliphatic heterocycles. The van der Waals surface area contributed by atoms with Crippen molar-refractivity contribution in [3.63, 3.8) is 0 Å². The van der Waals surface area contributed by atoms with Crippen LogP contribution >= 0.6 is 0 Å². The Labute approximate surface area is 196 Å². The van der Waals surface area contributed by atoms with Crippen molar-refractivity contribution in [1.82, 2.24) is 4.98 Å². The summed E-state index contributed by atoms with van der Waals surface area (Å²) in [6, 6.07) is 8.71. The number of hydrogen-bond acceptors (Lipinski definition) is 4. The average molecular weight is 479 g/mol. The number of nitrogens with one attached hydrogen (secondary N) is 1. The molecule has 2 heterocycles. The van der Waals surface area contributed by atoms with Crippen molar-refractivity contribution in [3.8, 4) is 0 Å². The number of ether oxygens (including phenoxy) is 1. The lowest BCUT2D eigenvalue weighted by Gasteiger charge is -2.40. The highest BCUT2D eigenvalue weighted by molar-refractivity contribution is 5.91. The quantitative estimate of drug-likeness (QED) is 0.468. The van der Waals surface area contributed by atoms with E-state index in [1.165, 1.54) is 6.08 Å². The van der Waals surface area contributed by atoms with Crippen LogP contribution in [0.1, 0.15) is 39.3 Å². The lowest BCUT2D eigenvalue weighted by atomic mass is 9.70. The molecule has 0 radical (unpaired) electrons. The van der Waals surface area contributed by atoms with E-state index in [1.807, 2.05) is 6.92 Å². The summed E-state index contributed by atoms with van der Waals surface area (Å²) in [4.78, 5) is 4.41. The fourth-order valence-electron chi connectivity index (χ4n) is 5.09. The molecule has 0 saturated carbocycles. The van der Waals surface area contributed by atoms with Gasteiger partial charge in [-0.2, -0.15) is 13.2 Å². The molecule has 1 aliphatic carbocycles. The Morgan fingerprint density at radius 2 is 1.91 bits per heavy atom. The Kier molecular flexibility index (Phi) is 6.17. The van der Waals surface area contributed by atoms with Gasteiger partial charge in [0, 0.05) is 28.6 Å². The molecule has 1 saturated heterocycles. The maximum atomic E-state index is 14.7. The van der Waals surface area contributed by atoms with Crippen molar-refractivity contribution in [2.75, 3.05) is 18.5 Å². The number of benzene rings is 1. The maximum Gasteiger partial charge on any atom is 0.418 e. The minimum Gasteiger partial charge on any atom is -0.497 e. The van der Waals surface area contributed by atoms with Crippen molar-refractivity contribution in [2.24, 2.45) is 17.3 Å². The van der Waals surface area contributed by atoms with Gasteiger partial charge in [-0.15, -0.1) is 0 Å². The highest BCUT2D eigenvalue weighted by Gasteiger charge is 2.56. The number of halogens is 4. The van der Waals surface area contributed by atoms with Gasteiger partial charge in [-0.3, -0.25) is 4.98 Å². The van der Waals surface area contributed by atoms with Crippen LogP contribution in [0.15, 0.2) is 53.6 Å². The minimum absolute atomic E-state index is 0.192. The van der Waals surface area contributed by atoms with Crippen LogP contribution in [-0.4, -0.2) is 35.0 Å². The zero-order valence-electron chi connectivity index (χ0n) is 19.8. The summed E-state index contributed by atoms with van der Waals surface area (Å²) in [5.74, 6) is -0.381. The predicted molar refractivity (Wildman–Crippen MR) is 124 cm³/mol. The molecule has 184 valence electrons. The Morgan fingerprint density at radius 1 is 1.18 bits per heavy atom. The third-order valence-electron chi connectivity index (χ3n) is 7.04. The number of aliphatic hydroxyl groups is 1. The fraction of sp³-hybridized carbons (Fsp3) is 0.500. The second kappa shape index (κ2) is 8.56. The number of allylic oxidation sites excluding steroid dienone is 4. The van der Waals surface area contributed by atoms with Crippen molar-refractivity contribution in [1.29, 1.82) is 0 Å². The van der Waals surface area contributed by atoms with E-state index >= 15 is 0 Å². The van der Waals surface area contributed by atoms with Crippen LogP contribution in [0.2, 0.25) is 0 Å². The predicted octanol–water partition coefficient (Wildman–Crippen LogP) is 6.46. The van der Waals surface area contributed by atoms with Gasteiger partial charge in [0.1, 0.15) is 11.6 Å². The zero-order chi connectivity index (χ0) is 24.9. The molecule has 3 atom stereocenters. The Bertz CT molecular complexity index is 1160. The standard InChI is InChI=1S/C26H30F4N2O2/c1-15-8-9-18-21(6-5-7-22(18)32-15)31-14-25(33,26(28,29)30)13-24(3,4)19-12-20(27)16(2)17-10-11-34-23(17)19/h5-9,12,16-17,31,33H,10-11,13-14H2,1-4H3. The van der Waals surface area contributed by atoms with E-state index in [1.54, 1.807) is 51.1 Å². The van der Waals surface area contributed by atoms with Gasteiger partial charge in [-0.1, -0.05) is 26.8 Å². The van der Waals surface area contributed by atoms with Crippen molar-refractivity contribution in [3.05, 3.63) is 59.3 Å². The number of anilines is 1. The monoisotopic (exact) mass is 478 g/mol. The van der Waals surface area contributed by atoms with Gasteiger partial charge in [0.2, 0.25) is 0 Å². The van der Waals surface area contributed by atoms with Crippen molar-refractivity contribution >= 4 is 16.6 Å². The summed E-state index contributed by atoms with van der Waals surface area (Å²) in [5, 5.41) is 14.4. The van der Waals surface area contributed by atoms with E-state index in [-0.39, 0.29) is 17.7 Å². The lowest BCUT2D eigenvalue weighted by molar-refractivity contribution is -0.262. The number of aryl methyl sites for hydroxylation is 1. The molecule has 1 aromatic heterocycles. The largest absolute Gasteiger partial charge is 0.497 e. The topological polar surface area (TPSA) is 54.4 Å². The van der Waals surface area contributed by atoms with Crippen LogP contribution in [0.5, 0.6) is 0 Å². The highest BCUT2D eigenvalue weighted by Crippen LogP contribution is 2.50. The molecule has 3 unspecified atom stereocenters. The second-order valence-corrected chi connectivity index (χ2v) is 10.1. The highest BCUT2D eigenvalue weighted by atomic mass is 19.4. The van der Waals surface area contributed by atoms with Gasteiger partial charge in [0.15, 0.2) is 5.60 Å². The van der Waals surface area contributed by atoms with E-state index in [0.717, 1.165) is 5.69 Å². The van der Waals surface area contributed by atoms with Crippen molar-refractivity contribution in [2.45, 2.75) is 52.3 Å². The van der Waals surface area contributed by atoms with Gasteiger partial charge in [0.05, 0.1) is 18.7 Å². The molecule has 8 heteroatoms. The molecule has 4 rings (SSSR count). The summed E-state index contributed by atoms with van der Waals surface area (Å²) in [6.07, 6.45) is -3.66. The normalized spacial score (nSPS) is 22.8. The number of alkyl halides is 3. The van der Waals surface area contributed by atoms with Crippen LogP contribution in [0, 0.1) is 24.2 Å². The van der Waals surface area contributed by atoms with E-state index in [2.05, 4.69) is 10.3 Å².